The lowest BCUT2D eigenvalue weighted by molar-refractivity contribution is 0.0734. The molecule has 1 atom stereocenters. The highest BCUT2D eigenvalue weighted by molar-refractivity contribution is 5.94. The topological polar surface area (TPSA) is 29.5 Å². The van der Waals surface area contributed by atoms with E-state index in [9.17, 15) is 4.79 Å². The minimum atomic E-state index is 0.101. The SMILES string of the molecule is COc1ccccc1[C@@H]1CCCN1C(=O)c1ccccc1. The summed E-state index contributed by atoms with van der Waals surface area (Å²) in [6.07, 6.45) is 2.01. The Bertz CT molecular complexity index is 624. The van der Waals surface area contributed by atoms with E-state index >= 15 is 0 Å². The molecular formula is C18H19NO2. The van der Waals surface area contributed by atoms with Crippen LogP contribution >= 0.6 is 0 Å². The number of benzene rings is 2. The molecule has 0 radical (unpaired) electrons. The monoisotopic (exact) mass is 281 g/mol. The summed E-state index contributed by atoms with van der Waals surface area (Å²) >= 11 is 0. The summed E-state index contributed by atoms with van der Waals surface area (Å²) in [5.41, 5.74) is 1.85. The van der Waals surface area contributed by atoms with Crippen molar-refractivity contribution >= 4 is 5.91 Å². The Labute approximate surface area is 125 Å². The van der Waals surface area contributed by atoms with Crippen molar-refractivity contribution in [1.82, 2.24) is 4.90 Å². The summed E-state index contributed by atoms with van der Waals surface area (Å²) in [5.74, 6) is 0.958. The van der Waals surface area contributed by atoms with Crippen LogP contribution in [0.2, 0.25) is 0 Å². The van der Waals surface area contributed by atoms with Gasteiger partial charge in [-0.2, -0.15) is 0 Å². The fourth-order valence-electron chi connectivity index (χ4n) is 3.02. The average molecular weight is 281 g/mol. The van der Waals surface area contributed by atoms with Crippen LogP contribution in [0.25, 0.3) is 0 Å². The number of para-hydroxylation sites is 1. The largest absolute Gasteiger partial charge is 0.496 e. The Morgan fingerprint density at radius 3 is 2.57 bits per heavy atom. The van der Waals surface area contributed by atoms with Crippen molar-refractivity contribution in [2.24, 2.45) is 0 Å². The fraction of sp³-hybridized carbons (Fsp3) is 0.278. The summed E-state index contributed by atoms with van der Waals surface area (Å²) in [7, 11) is 1.68. The maximum absolute atomic E-state index is 12.7. The normalized spacial score (nSPS) is 17.8. The molecule has 0 unspecified atom stereocenters. The fourth-order valence-corrected chi connectivity index (χ4v) is 3.02. The molecule has 1 saturated heterocycles. The summed E-state index contributed by atoms with van der Waals surface area (Å²) in [6.45, 7) is 0.802. The Balaban J connectivity index is 1.91. The molecule has 0 aliphatic carbocycles. The van der Waals surface area contributed by atoms with Crippen molar-refractivity contribution in [3.63, 3.8) is 0 Å². The zero-order chi connectivity index (χ0) is 14.7. The van der Waals surface area contributed by atoms with Gasteiger partial charge in [-0.05, 0) is 31.0 Å². The van der Waals surface area contributed by atoms with Crippen LogP contribution in [0, 0.1) is 0 Å². The van der Waals surface area contributed by atoms with Crippen LogP contribution in [0.15, 0.2) is 54.6 Å². The van der Waals surface area contributed by atoms with Crippen LogP contribution in [-0.2, 0) is 0 Å². The van der Waals surface area contributed by atoms with E-state index in [0.29, 0.717) is 0 Å². The van der Waals surface area contributed by atoms with Crippen molar-refractivity contribution in [3.8, 4) is 5.75 Å². The zero-order valence-electron chi connectivity index (χ0n) is 12.2. The molecule has 0 bridgehead atoms. The number of ether oxygens (including phenoxy) is 1. The molecule has 1 fully saturated rings. The van der Waals surface area contributed by atoms with Gasteiger partial charge in [0, 0.05) is 17.7 Å². The summed E-state index contributed by atoms with van der Waals surface area (Å²) in [5, 5.41) is 0. The van der Waals surface area contributed by atoms with Crippen LogP contribution in [0.1, 0.15) is 34.8 Å². The maximum Gasteiger partial charge on any atom is 0.254 e. The van der Waals surface area contributed by atoms with Gasteiger partial charge in [0.1, 0.15) is 5.75 Å². The first-order chi connectivity index (χ1) is 10.3. The summed E-state index contributed by atoms with van der Waals surface area (Å²) < 4.78 is 5.45. The molecule has 1 amide bonds. The van der Waals surface area contributed by atoms with Crippen molar-refractivity contribution < 1.29 is 9.53 Å². The number of carbonyl (C=O) groups excluding carboxylic acids is 1. The molecule has 0 saturated carbocycles. The van der Waals surface area contributed by atoms with Gasteiger partial charge in [0.2, 0.25) is 0 Å². The third-order valence-corrected chi connectivity index (χ3v) is 4.03. The van der Waals surface area contributed by atoms with Crippen molar-refractivity contribution in [2.75, 3.05) is 13.7 Å². The van der Waals surface area contributed by atoms with Crippen molar-refractivity contribution in [1.29, 1.82) is 0 Å². The molecule has 108 valence electrons. The molecule has 0 aromatic heterocycles. The zero-order valence-corrected chi connectivity index (χ0v) is 12.2. The van der Waals surface area contributed by atoms with Crippen LogP contribution in [-0.4, -0.2) is 24.5 Å². The molecule has 1 heterocycles. The molecule has 3 heteroatoms. The number of carbonyl (C=O) groups is 1. The summed E-state index contributed by atoms with van der Waals surface area (Å²) in [4.78, 5) is 14.7. The minimum absolute atomic E-state index is 0.101. The van der Waals surface area contributed by atoms with Crippen LogP contribution in [0.3, 0.4) is 0 Å². The van der Waals surface area contributed by atoms with E-state index in [1.165, 1.54) is 0 Å². The number of hydrogen-bond donors (Lipinski definition) is 0. The second-order valence-electron chi connectivity index (χ2n) is 5.26. The smallest absolute Gasteiger partial charge is 0.254 e. The van der Waals surface area contributed by atoms with Gasteiger partial charge in [0.05, 0.1) is 13.2 Å². The van der Waals surface area contributed by atoms with Crippen LogP contribution in [0.5, 0.6) is 5.75 Å². The van der Waals surface area contributed by atoms with E-state index in [0.717, 1.165) is 36.3 Å². The lowest BCUT2D eigenvalue weighted by Crippen LogP contribution is -2.30. The van der Waals surface area contributed by atoms with E-state index in [-0.39, 0.29) is 11.9 Å². The Morgan fingerprint density at radius 2 is 1.81 bits per heavy atom. The molecule has 21 heavy (non-hydrogen) atoms. The highest BCUT2D eigenvalue weighted by atomic mass is 16.5. The number of amides is 1. The molecule has 2 aromatic rings. The molecule has 3 rings (SSSR count). The van der Waals surface area contributed by atoms with Gasteiger partial charge in [-0.15, -0.1) is 0 Å². The molecular weight excluding hydrogens is 262 g/mol. The Hall–Kier alpha value is -2.29. The predicted octanol–water partition coefficient (Wildman–Crippen LogP) is 3.67. The lowest BCUT2D eigenvalue weighted by Gasteiger charge is -2.26. The van der Waals surface area contributed by atoms with E-state index in [1.807, 2.05) is 53.4 Å². The van der Waals surface area contributed by atoms with Crippen LogP contribution in [0.4, 0.5) is 0 Å². The number of likely N-dealkylation sites (tertiary alicyclic amines) is 1. The van der Waals surface area contributed by atoms with Gasteiger partial charge in [-0.1, -0.05) is 36.4 Å². The van der Waals surface area contributed by atoms with Gasteiger partial charge in [0.15, 0.2) is 0 Å². The standard InChI is InChI=1S/C18H19NO2/c1-21-17-12-6-5-10-15(17)16-11-7-13-19(16)18(20)14-8-3-2-4-9-14/h2-6,8-10,12,16H,7,11,13H2,1H3/t16-/m0/s1. The average Bonchev–Trinajstić information content (AvgIpc) is 3.04. The Morgan fingerprint density at radius 1 is 1.10 bits per heavy atom. The molecule has 1 aliphatic rings. The predicted molar refractivity (Wildman–Crippen MR) is 82.4 cm³/mol. The molecule has 0 N–H and O–H groups in total. The third kappa shape index (κ3) is 2.64. The maximum atomic E-state index is 12.7. The highest BCUT2D eigenvalue weighted by Gasteiger charge is 2.32. The highest BCUT2D eigenvalue weighted by Crippen LogP contribution is 2.37. The van der Waals surface area contributed by atoms with E-state index < -0.39 is 0 Å². The molecule has 2 aromatic carbocycles. The van der Waals surface area contributed by atoms with Gasteiger partial charge in [0.25, 0.3) is 5.91 Å². The first kappa shape index (κ1) is 13.7. The van der Waals surface area contributed by atoms with Gasteiger partial charge >= 0.3 is 0 Å². The third-order valence-electron chi connectivity index (χ3n) is 4.03. The van der Waals surface area contributed by atoms with Gasteiger partial charge in [-0.25, -0.2) is 0 Å². The first-order valence-electron chi connectivity index (χ1n) is 7.30. The number of rotatable bonds is 3. The van der Waals surface area contributed by atoms with Gasteiger partial charge < -0.3 is 9.64 Å². The second kappa shape index (κ2) is 6.00. The second-order valence-corrected chi connectivity index (χ2v) is 5.26. The van der Waals surface area contributed by atoms with E-state index in [2.05, 4.69) is 6.07 Å². The molecule has 1 aliphatic heterocycles. The van der Waals surface area contributed by atoms with Crippen LogP contribution < -0.4 is 4.74 Å². The summed E-state index contributed by atoms with van der Waals surface area (Å²) in [6, 6.07) is 17.6. The number of hydrogen-bond acceptors (Lipinski definition) is 2. The van der Waals surface area contributed by atoms with Gasteiger partial charge in [-0.3, -0.25) is 4.79 Å². The Kier molecular flexibility index (Phi) is 3.91. The molecule has 3 nitrogen and oxygen atoms in total. The van der Waals surface area contributed by atoms with E-state index in [4.69, 9.17) is 4.74 Å². The quantitative estimate of drug-likeness (QED) is 0.859. The van der Waals surface area contributed by atoms with Crippen molar-refractivity contribution in [2.45, 2.75) is 18.9 Å². The van der Waals surface area contributed by atoms with E-state index in [1.54, 1.807) is 7.11 Å². The van der Waals surface area contributed by atoms with Crippen molar-refractivity contribution in [3.05, 3.63) is 65.7 Å². The lowest BCUT2D eigenvalue weighted by atomic mass is 10.0. The first-order valence-corrected chi connectivity index (χ1v) is 7.30. The number of nitrogens with zero attached hydrogens (tertiary/aromatic N) is 1. The molecule has 0 spiro atoms. The number of methoxy groups -OCH3 is 1. The minimum Gasteiger partial charge on any atom is -0.496 e.